The molecule has 2 aromatic rings. The third kappa shape index (κ3) is 2.20. The topological polar surface area (TPSA) is 66.8 Å². The Balaban J connectivity index is 2.06. The Bertz CT molecular complexity index is 676. The molecule has 1 aliphatic rings. The van der Waals surface area contributed by atoms with Crippen LogP contribution in [0.2, 0.25) is 0 Å². The molecule has 3 rings (SSSR count). The van der Waals surface area contributed by atoms with Crippen molar-refractivity contribution < 1.29 is 19.7 Å². The van der Waals surface area contributed by atoms with Crippen LogP contribution in [0.3, 0.4) is 0 Å². The molecule has 1 aliphatic heterocycles. The van der Waals surface area contributed by atoms with E-state index in [2.05, 4.69) is 0 Å². The van der Waals surface area contributed by atoms with Gasteiger partial charge in [-0.15, -0.1) is 0 Å². The van der Waals surface area contributed by atoms with E-state index in [4.69, 9.17) is 9.84 Å². The SMILES string of the molecule is O=C(O)Cc1ccc2c(c1O)Cc1ccccc1CO2. The average Bonchev–Trinajstić information content (AvgIpc) is 2.61. The number of fused-ring (bicyclic) bond motifs is 2. The molecule has 0 amide bonds. The lowest BCUT2D eigenvalue weighted by Gasteiger charge is -2.11. The number of phenolic OH excluding ortho intramolecular Hbond substituents is 1. The summed E-state index contributed by atoms with van der Waals surface area (Å²) in [5.74, 6) is -0.315. The van der Waals surface area contributed by atoms with Crippen LogP contribution in [0.5, 0.6) is 11.5 Å². The van der Waals surface area contributed by atoms with Crippen molar-refractivity contribution in [3.8, 4) is 11.5 Å². The third-order valence-electron chi connectivity index (χ3n) is 3.53. The van der Waals surface area contributed by atoms with Gasteiger partial charge in [0, 0.05) is 17.5 Å². The monoisotopic (exact) mass is 270 g/mol. The highest BCUT2D eigenvalue weighted by Gasteiger charge is 2.20. The molecule has 0 bridgehead atoms. The van der Waals surface area contributed by atoms with E-state index in [1.54, 1.807) is 12.1 Å². The highest BCUT2D eigenvalue weighted by molar-refractivity contribution is 5.72. The van der Waals surface area contributed by atoms with Crippen molar-refractivity contribution in [1.82, 2.24) is 0 Å². The number of hydrogen-bond acceptors (Lipinski definition) is 3. The van der Waals surface area contributed by atoms with Gasteiger partial charge in [-0.1, -0.05) is 30.3 Å². The molecule has 0 spiro atoms. The number of rotatable bonds is 2. The standard InChI is InChI=1S/C16H14O4/c17-15(18)8-11-5-6-14-13(16(11)19)7-10-3-1-2-4-12(10)9-20-14/h1-6,19H,7-9H2,(H,17,18). The number of aromatic hydroxyl groups is 1. The summed E-state index contributed by atoms with van der Waals surface area (Å²) in [5.41, 5.74) is 3.25. The molecule has 0 aliphatic carbocycles. The van der Waals surface area contributed by atoms with Gasteiger partial charge in [0.2, 0.25) is 0 Å². The maximum absolute atomic E-state index is 10.8. The number of hydrogen-bond donors (Lipinski definition) is 2. The second kappa shape index (κ2) is 4.89. The van der Waals surface area contributed by atoms with Crippen molar-refractivity contribution >= 4 is 5.97 Å². The summed E-state index contributed by atoms with van der Waals surface area (Å²) >= 11 is 0. The summed E-state index contributed by atoms with van der Waals surface area (Å²) in [4.78, 5) is 10.8. The smallest absolute Gasteiger partial charge is 0.307 e. The fourth-order valence-electron chi connectivity index (χ4n) is 2.49. The van der Waals surface area contributed by atoms with Crippen molar-refractivity contribution in [1.29, 1.82) is 0 Å². The molecule has 0 radical (unpaired) electrons. The largest absolute Gasteiger partial charge is 0.507 e. The van der Waals surface area contributed by atoms with E-state index < -0.39 is 5.97 Å². The number of carboxylic acids is 1. The van der Waals surface area contributed by atoms with Crippen LogP contribution in [0.4, 0.5) is 0 Å². The van der Waals surface area contributed by atoms with Gasteiger partial charge in [-0.05, 0) is 17.2 Å². The third-order valence-corrected chi connectivity index (χ3v) is 3.53. The van der Waals surface area contributed by atoms with Gasteiger partial charge < -0.3 is 14.9 Å². The molecular formula is C16H14O4. The molecule has 0 saturated heterocycles. The molecule has 0 unspecified atom stereocenters. The summed E-state index contributed by atoms with van der Waals surface area (Å²) < 4.78 is 5.71. The van der Waals surface area contributed by atoms with Crippen LogP contribution in [-0.4, -0.2) is 16.2 Å². The van der Waals surface area contributed by atoms with Gasteiger partial charge in [0.25, 0.3) is 0 Å². The van der Waals surface area contributed by atoms with Crippen molar-refractivity contribution in [2.45, 2.75) is 19.4 Å². The maximum atomic E-state index is 10.8. The molecule has 2 aromatic carbocycles. The first kappa shape index (κ1) is 12.5. The van der Waals surface area contributed by atoms with E-state index in [0.717, 1.165) is 11.1 Å². The Morgan fingerprint density at radius 2 is 1.90 bits per heavy atom. The number of benzene rings is 2. The zero-order valence-corrected chi connectivity index (χ0v) is 10.8. The number of carboxylic acid groups (broad SMARTS) is 1. The van der Waals surface area contributed by atoms with E-state index in [1.165, 1.54) is 0 Å². The Labute approximate surface area is 116 Å². The molecule has 0 aromatic heterocycles. The van der Waals surface area contributed by atoms with Crippen molar-refractivity contribution in [2.75, 3.05) is 0 Å². The number of carbonyl (C=O) groups is 1. The normalized spacial score (nSPS) is 12.8. The predicted octanol–water partition coefficient (Wildman–Crippen LogP) is 2.50. The van der Waals surface area contributed by atoms with Crippen LogP contribution in [0.25, 0.3) is 0 Å². The average molecular weight is 270 g/mol. The fraction of sp³-hybridized carbons (Fsp3) is 0.188. The van der Waals surface area contributed by atoms with E-state index in [9.17, 15) is 9.90 Å². The first-order valence-electron chi connectivity index (χ1n) is 6.40. The minimum atomic E-state index is -0.963. The van der Waals surface area contributed by atoms with Gasteiger partial charge in [-0.25, -0.2) is 0 Å². The van der Waals surface area contributed by atoms with Gasteiger partial charge >= 0.3 is 5.97 Å². The van der Waals surface area contributed by atoms with Gasteiger partial charge in [0.05, 0.1) is 6.42 Å². The number of aliphatic carboxylic acids is 1. The Morgan fingerprint density at radius 1 is 1.15 bits per heavy atom. The van der Waals surface area contributed by atoms with Crippen LogP contribution in [0.1, 0.15) is 22.3 Å². The lowest BCUT2D eigenvalue weighted by atomic mass is 9.97. The second-order valence-electron chi connectivity index (χ2n) is 4.85. The van der Waals surface area contributed by atoms with E-state index in [-0.39, 0.29) is 12.2 Å². The predicted molar refractivity (Wildman–Crippen MR) is 73.0 cm³/mol. The maximum Gasteiger partial charge on any atom is 0.307 e. The van der Waals surface area contributed by atoms with Gasteiger partial charge in [0.1, 0.15) is 18.1 Å². The number of phenols is 1. The molecule has 20 heavy (non-hydrogen) atoms. The molecule has 1 heterocycles. The minimum Gasteiger partial charge on any atom is -0.507 e. The summed E-state index contributed by atoms with van der Waals surface area (Å²) in [7, 11) is 0. The first-order valence-corrected chi connectivity index (χ1v) is 6.40. The van der Waals surface area contributed by atoms with E-state index >= 15 is 0 Å². The van der Waals surface area contributed by atoms with Gasteiger partial charge in [-0.2, -0.15) is 0 Å². The van der Waals surface area contributed by atoms with E-state index in [1.807, 2.05) is 24.3 Å². The fourth-order valence-corrected chi connectivity index (χ4v) is 2.49. The minimum absolute atomic E-state index is 0.0293. The molecule has 0 fully saturated rings. The molecule has 0 atom stereocenters. The first-order chi connectivity index (χ1) is 9.65. The lowest BCUT2D eigenvalue weighted by molar-refractivity contribution is -0.136. The Hall–Kier alpha value is -2.49. The molecule has 4 heteroatoms. The van der Waals surface area contributed by atoms with Gasteiger partial charge in [-0.3, -0.25) is 4.79 Å². The Morgan fingerprint density at radius 3 is 2.65 bits per heavy atom. The van der Waals surface area contributed by atoms with Crippen LogP contribution < -0.4 is 4.74 Å². The molecular weight excluding hydrogens is 256 g/mol. The molecule has 2 N–H and O–H groups in total. The zero-order valence-electron chi connectivity index (χ0n) is 10.8. The quantitative estimate of drug-likeness (QED) is 0.880. The highest BCUT2D eigenvalue weighted by Crippen LogP contribution is 2.36. The van der Waals surface area contributed by atoms with Crippen LogP contribution >= 0.6 is 0 Å². The van der Waals surface area contributed by atoms with E-state index in [0.29, 0.717) is 29.9 Å². The van der Waals surface area contributed by atoms with Gasteiger partial charge in [0.15, 0.2) is 0 Å². The highest BCUT2D eigenvalue weighted by atomic mass is 16.5. The lowest BCUT2D eigenvalue weighted by Crippen LogP contribution is -2.02. The molecule has 0 saturated carbocycles. The number of ether oxygens (including phenoxy) is 1. The molecule has 4 nitrogen and oxygen atoms in total. The molecule has 102 valence electrons. The Kier molecular flexibility index (Phi) is 3.06. The zero-order chi connectivity index (χ0) is 14.1. The van der Waals surface area contributed by atoms with Crippen molar-refractivity contribution in [3.63, 3.8) is 0 Å². The second-order valence-corrected chi connectivity index (χ2v) is 4.85. The van der Waals surface area contributed by atoms with Crippen LogP contribution in [0.15, 0.2) is 36.4 Å². The summed E-state index contributed by atoms with van der Waals surface area (Å²) in [6, 6.07) is 11.2. The van der Waals surface area contributed by atoms with Crippen LogP contribution in [0, 0.1) is 0 Å². The summed E-state index contributed by atoms with van der Waals surface area (Å²) in [6.07, 6.45) is 0.353. The van der Waals surface area contributed by atoms with Crippen molar-refractivity contribution in [2.24, 2.45) is 0 Å². The summed E-state index contributed by atoms with van der Waals surface area (Å²) in [5, 5.41) is 19.2. The summed E-state index contributed by atoms with van der Waals surface area (Å²) in [6.45, 7) is 0.459. The van der Waals surface area contributed by atoms with Crippen LogP contribution in [-0.2, 0) is 24.2 Å². The van der Waals surface area contributed by atoms with Crippen molar-refractivity contribution in [3.05, 3.63) is 58.7 Å².